The van der Waals surface area contributed by atoms with Crippen molar-refractivity contribution in [2.24, 2.45) is 5.92 Å². The molecule has 2 saturated heterocycles. The molecule has 3 rings (SSSR count). The van der Waals surface area contributed by atoms with Crippen LogP contribution in [0.1, 0.15) is 38.7 Å². The molecular weight excluding hydrogens is 382 g/mol. The molecule has 0 bridgehead atoms. The van der Waals surface area contributed by atoms with Crippen molar-refractivity contribution in [3.05, 3.63) is 29.8 Å². The summed E-state index contributed by atoms with van der Waals surface area (Å²) in [4.78, 5) is 28.0. The van der Waals surface area contributed by atoms with E-state index >= 15 is 0 Å². The lowest BCUT2D eigenvalue weighted by Crippen LogP contribution is -2.57. The molecule has 30 heavy (non-hydrogen) atoms. The molecule has 166 valence electrons. The minimum absolute atomic E-state index is 0.0891. The number of aryl methyl sites for hydroxylation is 1. The molecule has 1 unspecified atom stereocenters. The first-order valence-electron chi connectivity index (χ1n) is 10.9. The van der Waals surface area contributed by atoms with E-state index in [0.29, 0.717) is 38.5 Å². The predicted octanol–water partition coefficient (Wildman–Crippen LogP) is 1.75. The minimum atomic E-state index is -0.545. The van der Waals surface area contributed by atoms with Gasteiger partial charge in [-0.25, -0.2) is 0 Å². The van der Waals surface area contributed by atoms with E-state index in [2.05, 4.69) is 29.4 Å². The highest BCUT2D eigenvalue weighted by Gasteiger charge is 2.41. The maximum absolute atomic E-state index is 13.0. The molecule has 0 saturated carbocycles. The summed E-state index contributed by atoms with van der Waals surface area (Å²) in [6.07, 6.45) is 2.50. The molecule has 0 aliphatic carbocycles. The highest BCUT2D eigenvalue weighted by atomic mass is 16.5. The molecule has 7 nitrogen and oxygen atoms in total. The van der Waals surface area contributed by atoms with Crippen molar-refractivity contribution >= 4 is 11.8 Å². The summed E-state index contributed by atoms with van der Waals surface area (Å²) in [6, 6.07) is 7.16. The lowest BCUT2D eigenvalue weighted by molar-refractivity contribution is -0.130. The maximum Gasteiger partial charge on any atom is 0.244 e. The largest absolute Gasteiger partial charge is 0.496 e. The van der Waals surface area contributed by atoms with E-state index in [4.69, 9.17) is 9.47 Å². The van der Waals surface area contributed by atoms with Gasteiger partial charge in [0.25, 0.3) is 0 Å². The van der Waals surface area contributed by atoms with E-state index in [1.54, 1.807) is 7.11 Å². The van der Waals surface area contributed by atoms with Gasteiger partial charge in [0.2, 0.25) is 11.8 Å². The number of rotatable bonds is 7. The van der Waals surface area contributed by atoms with Gasteiger partial charge >= 0.3 is 0 Å². The Morgan fingerprint density at radius 3 is 2.77 bits per heavy atom. The van der Waals surface area contributed by atoms with Crippen LogP contribution >= 0.6 is 0 Å². The topological polar surface area (TPSA) is 79.9 Å². The van der Waals surface area contributed by atoms with Crippen LogP contribution in [0.3, 0.4) is 0 Å². The first-order valence-corrected chi connectivity index (χ1v) is 10.9. The van der Waals surface area contributed by atoms with Gasteiger partial charge in [-0.1, -0.05) is 32.0 Å². The second kappa shape index (κ2) is 10.3. The quantitative estimate of drug-likeness (QED) is 0.707. The Hall–Kier alpha value is -2.12. The predicted molar refractivity (Wildman–Crippen MR) is 115 cm³/mol. The van der Waals surface area contributed by atoms with E-state index in [0.717, 1.165) is 37.2 Å². The first-order chi connectivity index (χ1) is 14.4. The average molecular weight is 418 g/mol. The van der Waals surface area contributed by atoms with Crippen LogP contribution in [-0.4, -0.2) is 68.3 Å². The van der Waals surface area contributed by atoms with Crippen molar-refractivity contribution in [3.8, 4) is 5.75 Å². The normalized spacial score (nSPS) is 21.9. The zero-order valence-electron chi connectivity index (χ0n) is 18.4. The smallest absolute Gasteiger partial charge is 0.244 e. The molecule has 2 N–H and O–H groups in total. The molecule has 2 heterocycles. The SMILES string of the molecule is COc1ccccc1CCC(=O)NC1CN(CC(C)C)CC2(CCOCC2)NC1=O. The Bertz CT molecular complexity index is 731. The summed E-state index contributed by atoms with van der Waals surface area (Å²) < 4.78 is 10.9. The van der Waals surface area contributed by atoms with Crippen molar-refractivity contribution in [1.29, 1.82) is 0 Å². The van der Waals surface area contributed by atoms with Gasteiger partial charge in [-0.15, -0.1) is 0 Å². The number of methoxy groups -OCH3 is 1. The van der Waals surface area contributed by atoms with Crippen LogP contribution < -0.4 is 15.4 Å². The van der Waals surface area contributed by atoms with Crippen LogP contribution in [0.2, 0.25) is 0 Å². The number of benzene rings is 1. The van der Waals surface area contributed by atoms with Crippen molar-refractivity contribution in [2.45, 2.75) is 51.1 Å². The van der Waals surface area contributed by atoms with Crippen LogP contribution in [0.5, 0.6) is 5.75 Å². The fraction of sp³-hybridized carbons (Fsp3) is 0.652. The highest BCUT2D eigenvalue weighted by Crippen LogP contribution is 2.25. The number of hydrogen-bond acceptors (Lipinski definition) is 5. The molecule has 1 spiro atoms. The lowest BCUT2D eigenvalue weighted by atomic mass is 9.89. The van der Waals surface area contributed by atoms with E-state index in [1.807, 2.05) is 24.3 Å². The first kappa shape index (κ1) is 22.6. The van der Waals surface area contributed by atoms with Crippen molar-refractivity contribution in [1.82, 2.24) is 15.5 Å². The molecule has 0 radical (unpaired) electrons. The summed E-state index contributed by atoms with van der Waals surface area (Å²) >= 11 is 0. The second-order valence-electron chi connectivity index (χ2n) is 8.90. The summed E-state index contributed by atoms with van der Waals surface area (Å²) in [7, 11) is 1.63. The van der Waals surface area contributed by atoms with E-state index in [1.165, 1.54) is 0 Å². The van der Waals surface area contributed by atoms with Gasteiger partial charge in [0.1, 0.15) is 11.8 Å². The zero-order valence-corrected chi connectivity index (χ0v) is 18.4. The van der Waals surface area contributed by atoms with Gasteiger partial charge in [-0.05, 0) is 36.8 Å². The number of amides is 2. The molecule has 1 atom stereocenters. The highest BCUT2D eigenvalue weighted by molar-refractivity contribution is 5.88. The molecule has 2 amide bonds. The van der Waals surface area contributed by atoms with Gasteiger partial charge in [-0.3, -0.25) is 14.5 Å². The lowest BCUT2D eigenvalue weighted by Gasteiger charge is -2.39. The van der Waals surface area contributed by atoms with E-state index < -0.39 is 6.04 Å². The second-order valence-corrected chi connectivity index (χ2v) is 8.90. The number of nitrogens with zero attached hydrogens (tertiary/aromatic N) is 1. The molecular formula is C23H35N3O4. The summed E-state index contributed by atoms with van der Waals surface area (Å²) in [6.45, 7) is 7.90. The Balaban J connectivity index is 1.64. The molecule has 1 aromatic carbocycles. The van der Waals surface area contributed by atoms with E-state index in [9.17, 15) is 9.59 Å². The van der Waals surface area contributed by atoms with Crippen molar-refractivity contribution < 1.29 is 19.1 Å². The number of nitrogens with one attached hydrogen (secondary N) is 2. The summed E-state index contributed by atoms with van der Waals surface area (Å²) in [5, 5.41) is 6.23. The van der Waals surface area contributed by atoms with Crippen LogP contribution in [0.15, 0.2) is 24.3 Å². The van der Waals surface area contributed by atoms with Crippen molar-refractivity contribution in [3.63, 3.8) is 0 Å². The number of carbonyl (C=O) groups excluding carboxylic acids is 2. The average Bonchev–Trinajstić information content (AvgIpc) is 2.82. The van der Waals surface area contributed by atoms with Gasteiger partial charge in [0, 0.05) is 39.3 Å². The van der Waals surface area contributed by atoms with Gasteiger partial charge in [0.15, 0.2) is 0 Å². The molecule has 0 aromatic heterocycles. The van der Waals surface area contributed by atoms with E-state index in [-0.39, 0.29) is 17.4 Å². The number of hydrogen-bond donors (Lipinski definition) is 2. The third-order valence-electron chi connectivity index (χ3n) is 5.89. The monoisotopic (exact) mass is 417 g/mol. The number of para-hydroxylation sites is 1. The van der Waals surface area contributed by atoms with Crippen LogP contribution in [0, 0.1) is 5.92 Å². The fourth-order valence-electron chi connectivity index (χ4n) is 4.46. The Morgan fingerprint density at radius 1 is 1.33 bits per heavy atom. The Labute approximate surface area is 179 Å². The molecule has 7 heteroatoms. The fourth-order valence-corrected chi connectivity index (χ4v) is 4.46. The number of carbonyl (C=O) groups is 2. The minimum Gasteiger partial charge on any atom is -0.496 e. The third kappa shape index (κ3) is 5.95. The maximum atomic E-state index is 13.0. The molecule has 2 aliphatic heterocycles. The molecule has 2 fully saturated rings. The van der Waals surface area contributed by atoms with Crippen LogP contribution in [0.25, 0.3) is 0 Å². The van der Waals surface area contributed by atoms with Crippen LogP contribution in [-0.2, 0) is 20.7 Å². The van der Waals surface area contributed by atoms with Gasteiger partial charge in [0.05, 0.1) is 12.6 Å². The number of ether oxygens (including phenoxy) is 2. The van der Waals surface area contributed by atoms with Gasteiger partial charge in [-0.2, -0.15) is 0 Å². The van der Waals surface area contributed by atoms with Crippen molar-refractivity contribution in [2.75, 3.05) is 40.0 Å². The standard InChI is InChI=1S/C23H35N3O4/c1-17(2)14-26-15-19(22(28)25-23(16-26)10-12-30-13-11-23)24-21(27)9-8-18-6-4-5-7-20(18)29-3/h4-7,17,19H,8-16H2,1-3H3,(H,24,27)(H,25,28). The summed E-state index contributed by atoms with van der Waals surface area (Å²) in [5.41, 5.74) is 0.726. The van der Waals surface area contributed by atoms with Crippen LogP contribution in [0.4, 0.5) is 0 Å². The molecule has 2 aliphatic rings. The third-order valence-corrected chi connectivity index (χ3v) is 5.89. The zero-order chi connectivity index (χ0) is 21.6. The Morgan fingerprint density at radius 2 is 2.07 bits per heavy atom. The Kier molecular flexibility index (Phi) is 7.72. The van der Waals surface area contributed by atoms with Gasteiger partial charge < -0.3 is 20.1 Å². The molecule has 1 aromatic rings. The summed E-state index contributed by atoms with van der Waals surface area (Å²) in [5.74, 6) is 1.06.